The van der Waals surface area contributed by atoms with Crippen LogP contribution in [0, 0.1) is 56.5 Å². The molecule has 35 nitrogen and oxygen atoms in total. The van der Waals surface area contributed by atoms with Gasteiger partial charge in [-0.15, -0.1) is 20.4 Å². The number of sulfonamides is 4. The SMILES string of the molecule is CCn1cc(S(=O)(=O)N2CC(CNC(=O)c3ccc(C)cc3Cl)(CC3CC3)C2)nn1.Cc1ccc(C(=O)NCC2(c3ncccc3F)CN(S(=O)(=O)c3cn(C)nn3)C2)c(Cl)c1.Cc1ccc(C(=O)NCC2(c3ncccc3F)CN(S(=O)(=O)c3cnn(C)n3)C2)c(Cl)c1.Cc1ccc(C(=O)NCC2(c3ncccc3F)CN(S(=O)(=O)c3ncn(C)n3)C2)c(Cl)c1. The number of hydrogen-bond donors (Lipinski definition) is 4. The second kappa shape index (κ2) is 37.3. The highest BCUT2D eigenvalue weighted by atomic mass is 35.5. The molecule has 0 unspecified atom stereocenters. The molecule has 16 rings (SSSR count). The predicted octanol–water partition coefficient (Wildman–Crippen LogP) is 7.53. The zero-order chi connectivity index (χ0) is 90.8. The van der Waals surface area contributed by atoms with E-state index in [2.05, 4.69) is 77.1 Å². The summed E-state index contributed by atoms with van der Waals surface area (Å²) in [4.78, 5) is 68.2. The molecule has 126 heavy (non-hydrogen) atoms. The molecule has 666 valence electrons. The van der Waals surface area contributed by atoms with Crippen molar-refractivity contribution in [3.63, 3.8) is 0 Å². The van der Waals surface area contributed by atoms with Gasteiger partial charge in [-0.1, -0.05) is 93.9 Å². The Kier molecular flexibility index (Phi) is 27.6. The normalized spacial score (nSPS) is 16.6. The maximum absolute atomic E-state index is 14.6. The van der Waals surface area contributed by atoms with Gasteiger partial charge in [0.05, 0.1) is 94.3 Å². The van der Waals surface area contributed by atoms with Gasteiger partial charge in [0, 0.05) is 130 Å². The molecule has 0 radical (unpaired) electrons. The highest BCUT2D eigenvalue weighted by molar-refractivity contribution is 7.90. The number of nitrogens with zero attached hydrogens (tertiary/aromatic N) is 19. The van der Waals surface area contributed by atoms with Crippen LogP contribution in [0.25, 0.3) is 0 Å². The van der Waals surface area contributed by atoms with E-state index in [1.54, 1.807) is 80.8 Å². The van der Waals surface area contributed by atoms with E-state index in [1.807, 2.05) is 40.7 Å². The second-order valence-corrected chi connectivity index (χ2v) is 40.9. The maximum Gasteiger partial charge on any atom is 0.282 e. The molecular weight excluding hydrogens is 1800 g/mol. The first-order chi connectivity index (χ1) is 59.6. The van der Waals surface area contributed by atoms with Gasteiger partial charge in [-0.3, -0.25) is 48.2 Å². The quantitative estimate of drug-likeness (QED) is 0.0407. The monoisotopic (exact) mass is 1890 g/mol. The third kappa shape index (κ3) is 20.2. The molecule has 0 bridgehead atoms. The number of amides is 4. The lowest BCUT2D eigenvalue weighted by molar-refractivity contribution is 0.0505. The number of carbonyl (C=O) groups excluding carboxylic acids is 4. The van der Waals surface area contributed by atoms with Gasteiger partial charge in [-0.05, 0) is 154 Å². The Bertz CT molecular complexity index is 5990. The molecule has 46 heteroatoms. The van der Waals surface area contributed by atoms with Crippen molar-refractivity contribution in [3.05, 3.63) is 252 Å². The summed E-state index contributed by atoms with van der Waals surface area (Å²) in [6.07, 6.45) is 12.7. The molecular formula is C80H86Cl4F3N23O12S4. The van der Waals surface area contributed by atoms with Gasteiger partial charge in [0.15, 0.2) is 0 Å². The number of nitrogens with one attached hydrogen (secondary N) is 4. The van der Waals surface area contributed by atoms with Crippen molar-refractivity contribution in [2.45, 2.75) is 96.9 Å². The Morgan fingerprint density at radius 3 is 1.12 bits per heavy atom. The minimum atomic E-state index is -3.97. The van der Waals surface area contributed by atoms with Crippen LogP contribution in [-0.4, -0.2) is 228 Å². The van der Waals surface area contributed by atoms with Crippen molar-refractivity contribution in [2.24, 2.45) is 32.5 Å². The summed E-state index contributed by atoms with van der Waals surface area (Å²) < 4.78 is 156. The van der Waals surface area contributed by atoms with Crippen molar-refractivity contribution in [1.82, 2.24) is 113 Å². The third-order valence-electron chi connectivity index (χ3n) is 21.9. The number of rotatable bonds is 26. The highest BCUT2D eigenvalue weighted by Gasteiger charge is 2.57. The van der Waals surface area contributed by atoms with E-state index in [0.29, 0.717) is 57.8 Å². The minimum Gasteiger partial charge on any atom is -0.351 e. The average Bonchev–Trinajstić information content (AvgIpc) is 1.50. The summed E-state index contributed by atoms with van der Waals surface area (Å²) >= 11 is 24.8. The Balaban J connectivity index is 0.000000144. The largest absolute Gasteiger partial charge is 0.351 e. The fourth-order valence-electron chi connectivity index (χ4n) is 14.9. The number of pyridine rings is 3. The molecule has 11 heterocycles. The van der Waals surface area contributed by atoms with Crippen molar-refractivity contribution in [1.29, 1.82) is 0 Å². The summed E-state index contributed by atoms with van der Waals surface area (Å²) in [5, 5.41) is 38.3. The second-order valence-electron chi connectivity index (χ2n) is 31.8. The zero-order valence-corrected chi connectivity index (χ0v) is 75.3. The molecule has 4 amide bonds. The van der Waals surface area contributed by atoms with Gasteiger partial charge in [0.2, 0.25) is 15.1 Å². The van der Waals surface area contributed by atoms with Crippen LogP contribution in [0.4, 0.5) is 13.2 Å². The first-order valence-electron chi connectivity index (χ1n) is 39.1. The molecule has 5 aliphatic rings. The molecule has 7 aromatic heterocycles. The van der Waals surface area contributed by atoms with Crippen LogP contribution in [0.2, 0.25) is 20.1 Å². The molecule has 5 fully saturated rings. The molecule has 4 aromatic carbocycles. The van der Waals surface area contributed by atoms with E-state index in [-0.39, 0.29) is 124 Å². The Morgan fingerprint density at radius 2 is 0.802 bits per heavy atom. The lowest BCUT2D eigenvalue weighted by Crippen LogP contribution is -2.65. The van der Waals surface area contributed by atoms with Gasteiger partial charge in [0.25, 0.3) is 68.9 Å². The van der Waals surface area contributed by atoms with Crippen molar-refractivity contribution >= 4 is 110 Å². The number of halogens is 7. The summed E-state index contributed by atoms with van der Waals surface area (Å²) in [5.74, 6) is -2.69. The van der Waals surface area contributed by atoms with Crippen molar-refractivity contribution in [3.8, 4) is 0 Å². The number of aromatic nitrogens is 15. The maximum atomic E-state index is 14.6. The van der Waals surface area contributed by atoms with E-state index in [9.17, 15) is 66.0 Å². The first-order valence-corrected chi connectivity index (χ1v) is 46.4. The number of carbonyl (C=O) groups is 4. The molecule has 1 saturated carbocycles. The standard InChI is InChI=1S/3C20H20ClFN6O3S.C20H26ClN5O3S/c1-13-5-6-14(15(21)8-13)18(29)24-9-20(17-16(22)4-3-7-23-17)10-28(11-20)32(30,31)19-25-12-27(2)26-19;1-13-5-6-14(15(21)8-13)19(29)24-10-20(18-16(22)4-3-7-23-18)11-28(12-20)32(30,31)17-9-27(2)26-25-17;1-13-5-6-14(15(21)8-13)19(29)24-10-20(18-16(22)4-3-7-23-18)11-28(12-20)32(30,31)17-9-25-27(2)26-17;1-3-25-10-18(23-24-25)30(28,29)26-12-20(13-26,9-15-5-6-15)11-22-19(27)16-7-4-14(2)8-17(16)21/h3-8,12H,9-11H2,1-2H3,(H,24,29);2*3-9H,10-12H2,1-2H3,(H,24,29);4,7-8,10,15H,3,5-6,9,11-13H2,1-2H3,(H,22,27). The van der Waals surface area contributed by atoms with Gasteiger partial charge in [-0.2, -0.15) is 27.1 Å². The Hall–Kier alpha value is -10.6. The van der Waals surface area contributed by atoms with E-state index in [1.165, 1.54) is 99.1 Å². The molecule has 0 spiro atoms. The third-order valence-corrected chi connectivity index (χ3v) is 29.7. The van der Waals surface area contributed by atoms with Crippen molar-refractivity contribution < 1.29 is 66.0 Å². The first kappa shape index (κ1) is 93.0. The van der Waals surface area contributed by atoms with Crippen LogP contribution in [0.5, 0.6) is 0 Å². The molecule has 11 aromatic rings. The smallest absolute Gasteiger partial charge is 0.282 e. The summed E-state index contributed by atoms with van der Waals surface area (Å²) in [7, 11) is -10.9. The van der Waals surface area contributed by atoms with Crippen molar-refractivity contribution in [2.75, 3.05) is 78.5 Å². The number of benzene rings is 4. The molecule has 4 N–H and O–H groups in total. The summed E-state index contributed by atoms with van der Waals surface area (Å²) in [5.41, 5.74) is 1.79. The molecule has 1 aliphatic carbocycles. The average molecular weight is 1890 g/mol. The van der Waals surface area contributed by atoms with Crippen LogP contribution in [0.3, 0.4) is 0 Å². The Morgan fingerprint density at radius 1 is 0.444 bits per heavy atom. The van der Waals surface area contributed by atoms with Gasteiger partial charge >= 0.3 is 0 Å². The van der Waals surface area contributed by atoms with E-state index in [4.69, 9.17) is 46.4 Å². The molecule has 4 aliphatic heterocycles. The molecule has 0 atom stereocenters. The minimum absolute atomic E-state index is 0.0279. The van der Waals surface area contributed by atoms with Crippen LogP contribution in [-0.2, 0) is 84.0 Å². The molecule has 4 saturated heterocycles. The van der Waals surface area contributed by atoms with Gasteiger partial charge in [-0.25, -0.2) is 51.8 Å². The lowest BCUT2D eigenvalue weighted by atomic mass is 9.76. The lowest BCUT2D eigenvalue weighted by Gasteiger charge is -2.49. The van der Waals surface area contributed by atoms with Crippen LogP contribution in [0.1, 0.15) is 107 Å². The van der Waals surface area contributed by atoms with Gasteiger partial charge in [0.1, 0.15) is 23.8 Å². The number of hydrogen-bond acceptors (Lipinski definition) is 23. The van der Waals surface area contributed by atoms with Crippen LogP contribution >= 0.6 is 46.4 Å². The number of aryl methyl sites for hydroxylation is 8. The van der Waals surface area contributed by atoms with Gasteiger partial charge < -0.3 is 21.3 Å². The predicted molar refractivity (Wildman–Crippen MR) is 455 cm³/mol. The summed E-state index contributed by atoms with van der Waals surface area (Å²) in [6.45, 7) is 10.4. The topological polar surface area (TPSA) is 427 Å². The summed E-state index contributed by atoms with van der Waals surface area (Å²) in [6, 6.07) is 28.5. The zero-order valence-electron chi connectivity index (χ0n) is 69.0. The van der Waals surface area contributed by atoms with E-state index >= 15 is 0 Å². The van der Waals surface area contributed by atoms with E-state index < -0.39 is 91.5 Å². The van der Waals surface area contributed by atoms with E-state index in [0.717, 1.165) is 65.4 Å². The Labute approximate surface area is 744 Å². The van der Waals surface area contributed by atoms with Crippen LogP contribution in [0.15, 0.2) is 173 Å². The highest BCUT2D eigenvalue weighted by Crippen LogP contribution is 2.47. The fraction of sp³-hybridized carbons (Fsp3) is 0.362. The fourth-order valence-corrected chi connectivity index (χ4v) is 22.2. The van der Waals surface area contributed by atoms with Crippen LogP contribution < -0.4 is 21.3 Å².